The van der Waals surface area contributed by atoms with Crippen LogP contribution >= 0.6 is 0 Å². The highest BCUT2D eigenvalue weighted by Gasteiger charge is 2.15. The Morgan fingerprint density at radius 1 is 1.10 bits per heavy atom. The van der Waals surface area contributed by atoms with Crippen LogP contribution in [0.1, 0.15) is 51.4 Å². The zero-order valence-corrected chi connectivity index (χ0v) is 12.9. The zero-order valence-electron chi connectivity index (χ0n) is 12.9. The first-order valence-corrected chi connectivity index (χ1v) is 8.57. The Hall–Kier alpha value is -0.160. The molecule has 2 fully saturated rings. The first-order chi connectivity index (χ1) is 9.84. The Balaban J connectivity index is 1.40. The molecule has 1 aliphatic heterocycles. The van der Waals surface area contributed by atoms with E-state index in [1.807, 2.05) is 0 Å². The van der Waals surface area contributed by atoms with E-state index in [1.54, 1.807) is 0 Å². The van der Waals surface area contributed by atoms with Crippen molar-refractivity contribution in [3.05, 3.63) is 0 Å². The summed E-state index contributed by atoms with van der Waals surface area (Å²) in [4.78, 5) is 2.53. The van der Waals surface area contributed by atoms with Crippen molar-refractivity contribution in [1.82, 2.24) is 10.2 Å². The predicted molar refractivity (Wildman–Crippen MR) is 82.0 cm³/mol. The molecule has 4 heteroatoms. The quantitative estimate of drug-likeness (QED) is 0.634. The van der Waals surface area contributed by atoms with E-state index >= 15 is 0 Å². The van der Waals surface area contributed by atoms with Gasteiger partial charge in [0, 0.05) is 6.54 Å². The van der Waals surface area contributed by atoms with Gasteiger partial charge in [-0.15, -0.1) is 0 Å². The number of aliphatic hydroxyl groups excluding tert-OH is 1. The maximum atomic E-state index is 9.89. The lowest BCUT2D eigenvalue weighted by Crippen LogP contribution is -2.34. The summed E-state index contributed by atoms with van der Waals surface area (Å²) in [6.07, 6.45) is 10.2. The molecule has 2 rings (SSSR count). The lowest BCUT2D eigenvalue weighted by atomic mass is 9.98. The zero-order chi connectivity index (χ0) is 14.0. The monoisotopic (exact) mass is 284 g/mol. The number of hydrogen-bond acceptors (Lipinski definition) is 4. The van der Waals surface area contributed by atoms with Crippen molar-refractivity contribution in [2.45, 2.75) is 63.6 Å². The van der Waals surface area contributed by atoms with Gasteiger partial charge in [-0.3, -0.25) is 0 Å². The molecule has 1 saturated carbocycles. The van der Waals surface area contributed by atoms with Crippen LogP contribution < -0.4 is 5.32 Å². The minimum Gasteiger partial charge on any atom is -0.389 e. The van der Waals surface area contributed by atoms with Gasteiger partial charge in [0.15, 0.2) is 0 Å². The summed E-state index contributed by atoms with van der Waals surface area (Å²) in [5.74, 6) is 0. The fraction of sp³-hybridized carbons (Fsp3) is 1.00. The first kappa shape index (κ1) is 16.2. The minimum atomic E-state index is -0.358. The topological polar surface area (TPSA) is 44.7 Å². The van der Waals surface area contributed by atoms with Crippen LogP contribution in [0.15, 0.2) is 0 Å². The molecule has 118 valence electrons. The Kier molecular flexibility index (Phi) is 7.88. The van der Waals surface area contributed by atoms with Crippen molar-refractivity contribution in [3.8, 4) is 0 Å². The molecule has 0 aromatic rings. The molecule has 2 N–H and O–H groups in total. The molecule has 0 aromatic heterocycles. The number of hydrogen-bond donors (Lipinski definition) is 2. The van der Waals surface area contributed by atoms with Gasteiger partial charge in [-0.2, -0.15) is 0 Å². The normalized spacial score (nSPS) is 23.2. The molecule has 1 unspecified atom stereocenters. The van der Waals surface area contributed by atoms with Gasteiger partial charge in [-0.1, -0.05) is 19.3 Å². The number of ether oxygens (including phenoxy) is 1. The molecule has 0 bridgehead atoms. The molecular weight excluding hydrogens is 252 g/mol. The fourth-order valence-corrected chi connectivity index (χ4v) is 3.24. The van der Waals surface area contributed by atoms with Crippen LogP contribution in [-0.2, 0) is 4.74 Å². The second kappa shape index (κ2) is 9.72. The number of rotatable bonds is 9. The third-order valence-electron chi connectivity index (χ3n) is 4.48. The summed E-state index contributed by atoms with van der Waals surface area (Å²) in [6, 6.07) is 0. The average Bonchev–Trinajstić information content (AvgIpc) is 2.99. The summed E-state index contributed by atoms with van der Waals surface area (Å²) in [7, 11) is 0. The molecule has 4 nitrogen and oxygen atoms in total. The Labute approximate surface area is 123 Å². The lowest BCUT2D eigenvalue weighted by molar-refractivity contribution is -0.0229. The highest BCUT2D eigenvalue weighted by atomic mass is 16.5. The van der Waals surface area contributed by atoms with Crippen molar-refractivity contribution in [3.63, 3.8) is 0 Å². The molecule has 1 saturated heterocycles. The molecule has 0 radical (unpaired) electrons. The van der Waals surface area contributed by atoms with E-state index in [9.17, 15) is 5.11 Å². The number of nitrogens with zero attached hydrogens (tertiary/aromatic N) is 1. The highest BCUT2D eigenvalue weighted by molar-refractivity contribution is 4.68. The summed E-state index contributed by atoms with van der Waals surface area (Å²) < 4.78 is 5.78. The second-order valence-corrected chi connectivity index (χ2v) is 6.35. The standard InChI is InChI=1S/C16H32N2O2/c19-15(14-20-16-7-2-1-3-8-16)13-17-9-6-12-18-10-4-5-11-18/h15-17,19H,1-14H2. The molecule has 0 spiro atoms. The van der Waals surface area contributed by atoms with Crippen LogP contribution in [0.5, 0.6) is 0 Å². The van der Waals surface area contributed by atoms with Crippen molar-refractivity contribution >= 4 is 0 Å². The third kappa shape index (κ3) is 6.53. The van der Waals surface area contributed by atoms with Crippen molar-refractivity contribution in [2.75, 3.05) is 39.3 Å². The van der Waals surface area contributed by atoms with Gasteiger partial charge in [-0.25, -0.2) is 0 Å². The van der Waals surface area contributed by atoms with E-state index in [-0.39, 0.29) is 6.10 Å². The third-order valence-corrected chi connectivity index (χ3v) is 4.48. The van der Waals surface area contributed by atoms with Crippen LogP contribution in [0.4, 0.5) is 0 Å². The van der Waals surface area contributed by atoms with Gasteiger partial charge < -0.3 is 20.1 Å². The maximum absolute atomic E-state index is 9.89. The molecule has 0 amide bonds. The van der Waals surface area contributed by atoms with E-state index in [1.165, 1.54) is 71.0 Å². The SMILES string of the molecule is OC(CNCCCN1CCCC1)COC1CCCCC1. The van der Waals surface area contributed by atoms with Crippen LogP contribution in [0.25, 0.3) is 0 Å². The van der Waals surface area contributed by atoms with E-state index in [0.717, 1.165) is 6.54 Å². The minimum absolute atomic E-state index is 0.358. The Morgan fingerprint density at radius 2 is 1.85 bits per heavy atom. The fourth-order valence-electron chi connectivity index (χ4n) is 3.24. The van der Waals surface area contributed by atoms with Crippen LogP contribution in [0.2, 0.25) is 0 Å². The molecule has 2 aliphatic rings. The molecule has 20 heavy (non-hydrogen) atoms. The molecular formula is C16H32N2O2. The van der Waals surface area contributed by atoms with E-state index < -0.39 is 0 Å². The Bertz CT molecular complexity index is 239. The van der Waals surface area contributed by atoms with Crippen molar-refractivity contribution in [2.24, 2.45) is 0 Å². The molecule has 0 aromatic carbocycles. The highest BCUT2D eigenvalue weighted by Crippen LogP contribution is 2.20. The number of likely N-dealkylation sites (tertiary alicyclic amines) is 1. The van der Waals surface area contributed by atoms with E-state index in [0.29, 0.717) is 19.3 Å². The van der Waals surface area contributed by atoms with Crippen LogP contribution in [-0.4, -0.2) is 61.5 Å². The van der Waals surface area contributed by atoms with E-state index in [2.05, 4.69) is 10.2 Å². The van der Waals surface area contributed by atoms with Crippen LogP contribution in [0, 0.1) is 0 Å². The predicted octanol–water partition coefficient (Wildman–Crippen LogP) is 1.77. The van der Waals surface area contributed by atoms with Crippen LogP contribution in [0.3, 0.4) is 0 Å². The maximum Gasteiger partial charge on any atom is 0.0897 e. The summed E-state index contributed by atoms with van der Waals surface area (Å²) in [5, 5.41) is 13.2. The van der Waals surface area contributed by atoms with Crippen molar-refractivity contribution < 1.29 is 9.84 Å². The molecule has 1 aliphatic carbocycles. The number of nitrogens with one attached hydrogen (secondary N) is 1. The number of aliphatic hydroxyl groups is 1. The van der Waals surface area contributed by atoms with Crippen molar-refractivity contribution in [1.29, 1.82) is 0 Å². The van der Waals surface area contributed by atoms with Gasteiger partial charge >= 0.3 is 0 Å². The summed E-state index contributed by atoms with van der Waals surface area (Å²) in [5.41, 5.74) is 0. The van der Waals surface area contributed by atoms with E-state index in [4.69, 9.17) is 4.74 Å². The molecule has 1 atom stereocenters. The molecule has 1 heterocycles. The largest absolute Gasteiger partial charge is 0.389 e. The summed E-state index contributed by atoms with van der Waals surface area (Å²) in [6.45, 7) is 5.89. The second-order valence-electron chi connectivity index (χ2n) is 6.35. The lowest BCUT2D eigenvalue weighted by Gasteiger charge is -2.23. The first-order valence-electron chi connectivity index (χ1n) is 8.57. The van der Waals surface area contributed by atoms with Gasteiger partial charge in [0.05, 0.1) is 18.8 Å². The average molecular weight is 284 g/mol. The van der Waals surface area contributed by atoms with Gasteiger partial charge in [-0.05, 0) is 58.3 Å². The van der Waals surface area contributed by atoms with Gasteiger partial charge in [0.1, 0.15) is 0 Å². The van der Waals surface area contributed by atoms with Gasteiger partial charge in [0.2, 0.25) is 0 Å². The Morgan fingerprint density at radius 3 is 2.60 bits per heavy atom. The summed E-state index contributed by atoms with van der Waals surface area (Å²) >= 11 is 0. The smallest absolute Gasteiger partial charge is 0.0897 e. The van der Waals surface area contributed by atoms with Gasteiger partial charge in [0.25, 0.3) is 0 Å².